The lowest BCUT2D eigenvalue weighted by molar-refractivity contribution is 0.104. The van der Waals surface area contributed by atoms with Crippen molar-refractivity contribution in [1.82, 2.24) is 0 Å². The second kappa shape index (κ2) is 8.17. The zero-order chi connectivity index (χ0) is 18.4. The van der Waals surface area contributed by atoms with E-state index in [4.69, 9.17) is 9.47 Å². The molecule has 26 heavy (non-hydrogen) atoms. The van der Waals surface area contributed by atoms with Crippen molar-refractivity contribution in [2.45, 2.75) is 0 Å². The van der Waals surface area contributed by atoms with E-state index in [0.717, 1.165) is 11.1 Å². The van der Waals surface area contributed by atoms with Gasteiger partial charge < -0.3 is 9.47 Å². The molecule has 0 spiro atoms. The fourth-order valence-electron chi connectivity index (χ4n) is 2.67. The summed E-state index contributed by atoms with van der Waals surface area (Å²) >= 11 is 0. The Hall–Kier alpha value is -3.33. The molecule has 130 valence electrons. The quantitative estimate of drug-likeness (QED) is 0.451. The van der Waals surface area contributed by atoms with Crippen LogP contribution in [0.15, 0.2) is 78.9 Å². The zero-order valence-corrected chi connectivity index (χ0v) is 14.8. The molecule has 0 N–H and O–H groups in total. The Morgan fingerprint density at radius 3 is 2.08 bits per heavy atom. The van der Waals surface area contributed by atoms with Crippen LogP contribution in [-0.2, 0) is 0 Å². The summed E-state index contributed by atoms with van der Waals surface area (Å²) in [6.45, 7) is 0. The number of ketones is 1. The summed E-state index contributed by atoms with van der Waals surface area (Å²) in [4.78, 5) is 12.4. The molecule has 3 heteroatoms. The van der Waals surface area contributed by atoms with Crippen LogP contribution in [0, 0.1) is 0 Å². The summed E-state index contributed by atoms with van der Waals surface area (Å²) in [5, 5.41) is 0. The average Bonchev–Trinajstić information content (AvgIpc) is 2.72. The van der Waals surface area contributed by atoms with Crippen molar-refractivity contribution in [3.63, 3.8) is 0 Å². The molecule has 0 saturated carbocycles. The van der Waals surface area contributed by atoms with E-state index in [1.807, 2.05) is 36.4 Å². The first-order valence-electron chi connectivity index (χ1n) is 8.31. The van der Waals surface area contributed by atoms with Crippen LogP contribution in [0.1, 0.15) is 15.9 Å². The molecule has 0 unspecified atom stereocenters. The molecular weight excluding hydrogens is 324 g/mol. The van der Waals surface area contributed by atoms with Gasteiger partial charge in [-0.2, -0.15) is 0 Å². The number of allylic oxidation sites excluding steroid dienone is 1. The molecule has 3 aromatic rings. The van der Waals surface area contributed by atoms with Gasteiger partial charge in [0.15, 0.2) is 17.3 Å². The third-order valence-corrected chi connectivity index (χ3v) is 4.11. The molecule has 0 aliphatic carbocycles. The molecular formula is C23H20O3. The number of carbonyl (C=O) groups is 1. The molecule has 0 amide bonds. The molecule has 3 aromatic carbocycles. The van der Waals surface area contributed by atoms with Gasteiger partial charge in [-0.3, -0.25) is 4.79 Å². The van der Waals surface area contributed by atoms with E-state index in [2.05, 4.69) is 24.3 Å². The summed E-state index contributed by atoms with van der Waals surface area (Å²) < 4.78 is 10.4. The number of carbonyl (C=O) groups excluding carboxylic acids is 1. The first-order chi connectivity index (χ1) is 12.7. The molecule has 0 bridgehead atoms. The van der Waals surface area contributed by atoms with E-state index in [9.17, 15) is 4.79 Å². The van der Waals surface area contributed by atoms with Crippen molar-refractivity contribution in [1.29, 1.82) is 0 Å². The highest BCUT2D eigenvalue weighted by Crippen LogP contribution is 2.28. The maximum absolute atomic E-state index is 12.4. The highest BCUT2D eigenvalue weighted by molar-refractivity contribution is 6.07. The van der Waals surface area contributed by atoms with E-state index >= 15 is 0 Å². The smallest absolute Gasteiger partial charge is 0.185 e. The second-order valence-electron chi connectivity index (χ2n) is 5.76. The monoisotopic (exact) mass is 344 g/mol. The van der Waals surface area contributed by atoms with Crippen LogP contribution in [0.25, 0.3) is 17.2 Å². The van der Waals surface area contributed by atoms with Crippen LogP contribution in [0.2, 0.25) is 0 Å². The maximum Gasteiger partial charge on any atom is 0.185 e. The number of ether oxygens (including phenoxy) is 2. The standard InChI is InChI=1S/C23H20O3/c1-25-22-15-13-20(16-23(22)26-2)21(24)14-10-17-8-11-19(12-9-17)18-6-4-3-5-7-18/h3-16H,1-2H3/b14-10+. The van der Waals surface area contributed by atoms with Crippen molar-refractivity contribution >= 4 is 11.9 Å². The molecule has 0 fully saturated rings. The predicted molar refractivity (Wildman–Crippen MR) is 105 cm³/mol. The molecule has 0 aromatic heterocycles. The number of methoxy groups -OCH3 is 2. The summed E-state index contributed by atoms with van der Waals surface area (Å²) in [6, 6.07) is 23.4. The second-order valence-corrected chi connectivity index (χ2v) is 5.76. The predicted octanol–water partition coefficient (Wildman–Crippen LogP) is 5.27. The van der Waals surface area contributed by atoms with Crippen LogP contribution in [-0.4, -0.2) is 20.0 Å². The summed E-state index contributed by atoms with van der Waals surface area (Å²) in [6.07, 6.45) is 3.38. The maximum atomic E-state index is 12.4. The average molecular weight is 344 g/mol. The van der Waals surface area contributed by atoms with Crippen LogP contribution >= 0.6 is 0 Å². The van der Waals surface area contributed by atoms with Crippen LogP contribution < -0.4 is 9.47 Å². The zero-order valence-electron chi connectivity index (χ0n) is 14.8. The lowest BCUT2D eigenvalue weighted by atomic mass is 10.0. The van der Waals surface area contributed by atoms with Crippen molar-refractivity contribution in [2.24, 2.45) is 0 Å². The lowest BCUT2D eigenvalue weighted by Crippen LogP contribution is -1.97. The Morgan fingerprint density at radius 1 is 0.769 bits per heavy atom. The fraction of sp³-hybridized carbons (Fsp3) is 0.0870. The third-order valence-electron chi connectivity index (χ3n) is 4.11. The van der Waals surface area contributed by atoms with Gasteiger partial charge >= 0.3 is 0 Å². The normalized spacial score (nSPS) is 10.7. The lowest BCUT2D eigenvalue weighted by Gasteiger charge is -2.08. The number of benzene rings is 3. The van der Waals surface area contributed by atoms with Gasteiger partial charge in [0.1, 0.15) is 0 Å². The van der Waals surface area contributed by atoms with Crippen molar-refractivity contribution < 1.29 is 14.3 Å². The van der Waals surface area contributed by atoms with Gasteiger partial charge in [-0.1, -0.05) is 60.7 Å². The molecule has 0 radical (unpaired) electrons. The van der Waals surface area contributed by atoms with Crippen molar-refractivity contribution in [3.8, 4) is 22.6 Å². The van der Waals surface area contributed by atoms with Crippen molar-refractivity contribution in [2.75, 3.05) is 14.2 Å². The van der Waals surface area contributed by atoms with Crippen LogP contribution in [0.5, 0.6) is 11.5 Å². The van der Waals surface area contributed by atoms with Gasteiger partial charge in [0.2, 0.25) is 0 Å². The largest absolute Gasteiger partial charge is 0.493 e. The Bertz CT molecular complexity index is 910. The molecule has 0 aliphatic heterocycles. The van der Waals surface area contributed by atoms with E-state index in [1.165, 1.54) is 5.56 Å². The Morgan fingerprint density at radius 2 is 1.42 bits per heavy atom. The summed E-state index contributed by atoms with van der Waals surface area (Å²) in [7, 11) is 3.12. The minimum absolute atomic E-state index is 0.0851. The first-order valence-corrected chi connectivity index (χ1v) is 8.31. The summed E-state index contributed by atoms with van der Waals surface area (Å²) in [5.74, 6) is 1.06. The molecule has 3 rings (SSSR count). The molecule has 3 nitrogen and oxygen atoms in total. The number of hydrogen-bond acceptors (Lipinski definition) is 3. The van der Waals surface area contributed by atoms with E-state index in [-0.39, 0.29) is 5.78 Å². The van der Waals surface area contributed by atoms with Crippen LogP contribution in [0.4, 0.5) is 0 Å². The van der Waals surface area contributed by atoms with Gasteiger partial charge in [0, 0.05) is 5.56 Å². The number of rotatable bonds is 6. The van der Waals surface area contributed by atoms with Gasteiger partial charge in [-0.05, 0) is 41.0 Å². The topological polar surface area (TPSA) is 35.5 Å². The van der Waals surface area contributed by atoms with Gasteiger partial charge in [0.25, 0.3) is 0 Å². The minimum Gasteiger partial charge on any atom is -0.493 e. The minimum atomic E-state index is -0.0851. The van der Waals surface area contributed by atoms with Crippen molar-refractivity contribution in [3.05, 3.63) is 90.0 Å². The number of hydrogen-bond donors (Lipinski definition) is 0. The SMILES string of the molecule is COc1ccc(C(=O)/C=C/c2ccc(-c3ccccc3)cc2)cc1OC. The van der Waals surface area contributed by atoms with Gasteiger partial charge in [-0.25, -0.2) is 0 Å². The van der Waals surface area contributed by atoms with Gasteiger partial charge in [-0.15, -0.1) is 0 Å². The Kier molecular flexibility index (Phi) is 5.49. The summed E-state index contributed by atoms with van der Waals surface area (Å²) in [5.41, 5.74) is 3.84. The Labute approximate surface area is 153 Å². The fourth-order valence-corrected chi connectivity index (χ4v) is 2.67. The molecule has 0 saturated heterocycles. The van der Waals surface area contributed by atoms with E-state index in [1.54, 1.807) is 38.5 Å². The molecule has 0 aliphatic rings. The Balaban J connectivity index is 1.74. The first kappa shape index (κ1) is 17.5. The third kappa shape index (κ3) is 4.01. The molecule has 0 atom stereocenters. The van der Waals surface area contributed by atoms with Gasteiger partial charge in [0.05, 0.1) is 14.2 Å². The van der Waals surface area contributed by atoms with E-state index < -0.39 is 0 Å². The molecule has 0 heterocycles. The highest BCUT2D eigenvalue weighted by atomic mass is 16.5. The highest BCUT2D eigenvalue weighted by Gasteiger charge is 2.08. The van der Waals surface area contributed by atoms with E-state index in [0.29, 0.717) is 17.1 Å². The van der Waals surface area contributed by atoms with Crippen LogP contribution in [0.3, 0.4) is 0 Å².